The lowest BCUT2D eigenvalue weighted by Crippen LogP contribution is -2.65. The molecule has 14 nitrogen and oxygen atoms in total. The third kappa shape index (κ3) is 17.8. The van der Waals surface area contributed by atoms with E-state index in [1.54, 1.807) is 0 Å². The highest BCUT2D eigenvalue weighted by molar-refractivity contribution is 5.76. The highest BCUT2D eigenvalue weighted by Gasteiger charge is 2.50. The molecule has 2 aliphatic heterocycles. The lowest BCUT2D eigenvalue weighted by Gasteiger charge is -2.46. The summed E-state index contributed by atoms with van der Waals surface area (Å²) in [5, 5.41) is 86.2. The van der Waals surface area contributed by atoms with Crippen molar-refractivity contribution in [3.05, 3.63) is 0 Å². The number of amides is 1. The first kappa shape index (κ1) is 48.1. The molecule has 2 rings (SSSR count). The Morgan fingerprint density at radius 2 is 1.08 bits per heavy atom. The van der Waals surface area contributed by atoms with Crippen molar-refractivity contribution in [2.75, 3.05) is 19.8 Å². The van der Waals surface area contributed by atoms with Gasteiger partial charge in [0.25, 0.3) is 0 Å². The minimum Gasteiger partial charge on any atom is -0.394 e. The Hall–Kier alpha value is -1.01. The number of hydrogen-bond acceptors (Lipinski definition) is 13. The fourth-order valence-electron chi connectivity index (χ4n) is 7.06. The van der Waals surface area contributed by atoms with Crippen LogP contribution in [-0.4, -0.2) is 140 Å². The third-order valence-electron chi connectivity index (χ3n) is 10.6. The Morgan fingerprint density at radius 1 is 0.604 bits per heavy atom. The van der Waals surface area contributed by atoms with Gasteiger partial charge in [-0.1, -0.05) is 129 Å². The van der Waals surface area contributed by atoms with Gasteiger partial charge in [0, 0.05) is 6.42 Å². The summed E-state index contributed by atoms with van der Waals surface area (Å²) in [4.78, 5) is 13.0. The lowest BCUT2D eigenvalue weighted by atomic mass is 9.97. The molecule has 1 amide bonds. The Morgan fingerprint density at radius 3 is 1.60 bits per heavy atom. The fourth-order valence-corrected chi connectivity index (χ4v) is 7.06. The van der Waals surface area contributed by atoms with Crippen molar-refractivity contribution in [3.8, 4) is 0 Å². The Balaban J connectivity index is 1.93. The topological polar surface area (TPSA) is 228 Å². The normalized spacial score (nSPS) is 30.3. The highest BCUT2D eigenvalue weighted by Crippen LogP contribution is 2.30. The van der Waals surface area contributed by atoms with Gasteiger partial charge in [-0.3, -0.25) is 4.79 Å². The number of hydrogen-bond donors (Lipinski definition) is 9. The zero-order chi connectivity index (χ0) is 39.0. The molecule has 0 aromatic heterocycles. The number of rotatable bonds is 30. The number of ether oxygens (including phenoxy) is 4. The summed E-state index contributed by atoms with van der Waals surface area (Å²) < 4.78 is 22.6. The van der Waals surface area contributed by atoms with Crippen molar-refractivity contribution in [2.24, 2.45) is 0 Å². The fraction of sp³-hybridized carbons (Fsp3) is 0.974. The maximum absolute atomic E-state index is 13.0. The molecule has 53 heavy (non-hydrogen) atoms. The Kier molecular flexibility index (Phi) is 25.8. The van der Waals surface area contributed by atoms with Crippen LogP contribution in [-0.2, 0) is 23.7 Å². The summed E-state index contributed by atoms with van der Waals surface area (Å²) in [7, 11) is 0. The number of carbonyl (C=O) groups excluding carboxylic acids is 1. The van der Waals surface area contributed by atoms with Crippen LogP contribution in [0.2, 0.25) is 0 Å². The second-order valence-electron chi connectivity index (χ2n) is 15.1. The SMILES string of the molecule is CCCCCCCCCCCC[C@@H](O)[C@H](CO[C@@H]1O[C@H](CO)[C@@H](O[C@@H]2O[C@H](CO)[C@H](O)C(O)C2O)C(O)C1O)NC(=O)CCCCCCCCCCC. The van der Waals surface area contributed by atoms with E-state index < -0.39 is 86.8 Å². The average Bonchev–Trinajstić information content (AvgIpc) is 3.15. The molecule has 14 heteroatoms. The number of nitrogens with one attached hydrogen (secondary N) is 1. The molecule has 0 aliphatic carbocycles. The minimum atomic E-state index is -1.78. The van der Waals surface area contributed by atoms with Crippen LogP contribution in [0.4, 0.5) is 0 Å². The van der Waals surface area contributed by atoms with Crippen LogP contribution in [0, 0.1) is 0 Å². The molecule has 0 aromatic carbocycles. The first-order valence-electron chi connectivity index (χ1n) is 20.8. The predicted octanol–water partition coefficient (Wildman–Crippen LogP) is 2.70. The van der Waals surface area contributed by atoms with Gasteiger partial charge < -0.3 is 65.1 Å². The second-order valence-corrected chi connectivity index (χ2v) is 15.1. The van der Waals surface area contributed by atoms with Crippen LogP contribution in [0.1, 0.15) is 149 Å². The summed E-state index contributed by atoms with van der Waals surface area (Å²) in [6.07, 6.45) is 5.66. The molecule has 12 atom stereocenters. The van der Waals surface area contributed by atoms with Crippen LogP contribution in [0.25, 0.3) is 0 Å². The van der Waals surface area contributed by atoms with Gasteiger partial charge in [0.15, 0.2) is 12.6 Å². The maximum atomic E-state index is 13.0. The van der Waals surface area contributed by atoms with E-state index in [1.165, 1.54) is 70.6 Å². The smallest absolute Gasteiger partial charge is 0.220 e. The summed E-state index contributed by atoms with van der Waals surface area (Å²) >= 11 is 0. The Labute approximate surface area is 317 Å². The molecule has 0 aromatic rings. The number of aliphatic hydroxyl groups is 8. The van der Waals surface area contributed by atoms with Crippen LogP contribution in [0.3, 0.4) is 0 Å². The molecule has 314 valence electrons. The van der Waals surface area contributed by atoms with Gasteiger partial charge in [0.05, 0.1) is 32.0 Å². The monoisotopic (exact) mass is 766 g/mol. The highest BCUT2D eigenvalue weighted by atomic mass is 16.7. The second kappa shape index (κ2) is 28.4. The van der Waals surface area contributed by atoms with Crippen molar-refractivity contribution in [3.63, 3.8) is 0 Å². The van der Waals surface area contributed by atoms with Crippen molar-refractivity contribution in [1.29, 1.82) is 0 Å². The summed E-state index contributed by atoms with van der Waals surface area (Å²) in [5.74, 6) is -0.213. The van der Waals surface area contributed by atoms with Crippen LogP contribution in [0.5, 0.6) is 0 Å². The van der Waals surface area contributed by atoms with Gasteiger partial charge >= 0.3 is 0 Å². The van der Waals surface area contributed by atoms with Crippen molar-refractivity contribution in [1.82, 2.24) is 5.32 Å². The first-order chi connectivity index (χ1) is 25.6. The van der Waals surface area contributed by atoms with E-state index >= 15 is 0 Å². The zero-order valence-electron chi connectivity index (χ0n) is 32.5. The van der Waals surface area contributed by atoms with E-state index in [4.69, 9.17) is 18.9 Å². The molecule has 2 heterocycles. The average molecular weight is 766 g/mol. The van der Waals surface area contributed by atoms with E-state index in [-0.39, 0.29) is 12.5 Å². The van der Waals surface area contributed by atoms with Crippen molar-refractivity contribution >= 4 is 5.91 Å². The van der Waals surface area contributed by atoms with Gasteiger partial charge in [-0.05, 0) is 12.8 Å². The molecule has 9 N–H and O–H groups in total. The van der Waals surface area contributed by atoms with Gasteiger partial charge in [0.2, 0.25) is 5.91 Å². The molecule has 0 spiro atoms. The molecule has 0 radical (unpaired) electrons. The summed E-state index contributed by atoms with van der Waals surface area (Å²) in [6, 6.07) is -0.816. The van der Waals surface area contributed by atoms with Crippen LogP contribution >= 0.6 is 0 Å². The number of carbonyl (C=O) groups is 1. The van der Waals surface area contributed by atoms with E-state index in [0.29, 0.717) is 12.8 Å². The van der Waals surface area contributed by atoms with Crippen molar-refractivity contribution < 1.29 is 64.6 Å². The van der Waals surface area contributed by atoms with Gasteiger partial charge in [-0.25, -0.2) is 0 Å². The third-order valence-corrected chi connectivity index (χ3v) is 10.6. The van der Waals surface area contributed by atoms with Crippen molar-refractivity contribution in [2.45, 2.75) is 222 Å². The maximum Gasteiger partial charge on any atom is 0.220 e. The quantitative estimate of drug-likeness (QED) is 0.0480. The molecule has 2 fully saturated rings. The van der Waals surface area contributed by atoms with Gasteiger partial charge in [-0.2, -0.15) is 0 Å². The first-order valence-corrected chi connectivity index (χ1v) is 20.8. The van der Waals surface area contributed by atoms with Crippen LogP contribution in [0.15, 0.2) is 0 Å². The lowest BCUT2D eigenvalue weighted by molar-refractivity contribution is -0.359. The summed E-state index contributed by atoms with van der Waals surface area (Å²) in [5.41, 5.74) is 0. The summed E-state index contributed by atoms with van der Waals surface area (Å²) in [6.45, 7) is 2.77. The van der Waals surface area contributed by atoms with Gasteiger partial charge in [0.1, 0.15) is 48.8 Å². The molecular formula is C39H75NO13. The molecular weight excluding hydrogens is 690 g/mol. The molecule has 0 saturated carbocycles. The minimum absolute atomic E-state index is 0.213. The van der Waals surface area contributed by atoms with Crippen LogP contribution < -0.4 is 5.32 Å². The Bertz CT molecular complexity index is 915. The molecule has 0 bridgehead atoms. The number of unbranched alkanes of at least 4 members (excludes halogenated alkanes) is 17. The van der Waals surface area contributed by atoms with E-state index in [2.05, 4.69) is 19.2 Å². The standard InChI is InChI=1S/C39H75NO13/c1-3-5-7-9-11-13-15-16-18-20-22-28(43)27(40-31(44)23-21-19-17-14-12-10-8-6-4-2)26-50-38-36(49)34(47)37(30(25-42)52-38)53-39-35(48)33(46)32(45)29(24-41)51-39/h27-30,32-39,41-43,45-49H,3-26H2,1-2H3,(H,40,44)/t27-,28+,29+,30+,32-,33?,34?,35?,36?,37+,38+,39-/m0/s1. The van der Waals surface area contributed by atoms with E-state index in [0.717, 1.165) is 51.4 Å². The largest absolute Gasteiger partial charge is 0.394 e. The molecule has 2 saturated heterocycles. The van der Waals surface area contributed by atoms with E-state index in [9.17, 15) is 45.6 Å². The van der Waals surface area contributed by atoms with Gasteiger partial charge in [-0.15, -0.1) is 0 Å². The zero-order valence-corrected chi connectivity index (χ0v) is 32.5. The van der Waals surface area contributed by atoms with E-state index in [1.807, 2.05) is 0 Å². The number of aliphatic hydroxyl groups excluding tert-OH is 8. The molecule has 2 aliphatic rings. The predicted molar refractivity (Wildman–Crippen MR) is 199 cm³/mol. The molecule has 4 unspecified atom stereocenters.